The number of esters is 1. The number of nitrogens with zero attached hydrogens (tertiary/aromatic N) is 2. The number of ether oxygens (including phenoxy) is 1. The Bertz CT molecular complexity index is 1190. The lowest BCUT2D eigenvalue weighted by molar-refractivity contribution is 0.0733. The summed E-state index contributed by atoms with van der Waals surface area (Å²) in [4.78, 5) is 12.8. The molecule has 0 amide bonds. The Kier molecular flexibility index (Phi) is 4.91. The van der Waals surface area contributed by atoms with Crippen molar-refractivity contribution in [2.75, 3.05) is 0 Å². The van der Waals surface area contributed by atoms with Crippen molar-refractivity contribution in [1.82, 2.24) is 5.16 Å². The standard InChI is InChI=1S/C24H16N2O3/c1-16-22(23(26-29-16)20-5-3-2-4-6-20)24(27)28-21-13-11-19(12-14-21)18-9-7-17(15-25)8-10-18/h2-14H,1H3. The molecule has 4 rings (SSSR count). The largest absolute Gasteiger partial charge is 0.423 e. The fraction of sp³-hybridized carbons (Fsp3) is 0.0417. The Labute approximate surface area is 167 Å². The maximum Gasteiger partial charge on any atom is 0.349 e. The van der Waals surface area contributed by atoms with E-state index in [1.54, 1.807) is 31.2 Å². The number of carbonyl (C=O) groups excluding carboxylic acids is 1. The zero-order valence-electron chi connectivity index (χ0n) is 15.6. The molecule has 0 aliphatic rings. The van der Waals surface area contributed by atoms with Crippen LogP contribution in [-0.2, 0) is 0 Å². The van der Waals surface area contributed by atoms with Gasteiger partial charge in [0, 0.05) is 5.56 Å². The van der Waals surface area contributed by atoms with Gasteiger partial charge in [0.1, 0.15) is 22.8 Å². The van der Waals surface area contributed by atoms with E-state index in [4.69, 9.17) is 14.5 Å². The van der Waals surface area contributed by atoms with Crippen LogP contribution in [0.25, 0.3) is 22.4 Å². The zero-order chi connectivity index (χ0) is 20.2. The average Bonchev–Trinajstić information content (AvgIpc) is 3.16. The van der Waals surface area contributed by atoms with E-state index in [0.29, 0.717) is 28.3 Å². The van der Waals surface area contributed by atoms with Crippen LogP contribution in [0.3, 0.4) is 0 Å². The molecule has 0 saturated carbocycles. The minimum Gasteiger partial charge on any atom is -0.423 e. The molecule has 0 spiro atoms. The number of hydrogen-bond donors (Lipinski definition) is 0. The van der Waals surface area contributed by atoms with Gasteiger partial charge in [-0.15, -0.1) is 0 Å². The molecule has 0 N–H and O–H groups in total. The van der Waals surface area contributed by atoms with Crippen LogP contribution in [0.2, 0.25) is 0 Å². The van der Waals surface area contributed by atoms with Crippen LogP contribution in [0.15, 0.2) is 83.4 Å². The van der Waals surface area contributed by atoms with Gasteiger partial charge in [-0.25, -0.2) is 4.79 Å². The summed E-state index contributed by atoms with van der Waals surface area (Å²) < 4.78 is 10.8. The fourth-order valence-electron chi connectivity index (χ4n) is 3.02. The van der Waals surface area contributed by atoms with Crippen LogP contribution >= 0.6 is 0 Å². The maximum absolute atomic E-state index is 12.8. The van der Waals surface area contributed by atoms with E-state index in [1.807, 2.05) is 54.6 Å². The van der Waals surface area contributed by atoms with Crippen LogP contribution in [0.1, 0.15) is 21.7 Å². The highest BCUT2D eigenvalue weighted by Gasteiger charge is 2.23. The first-order chi connectivity index (χ1) is 14.2. The van der Waals surface area contributed by atoms with E-state index in [2.05, 4.69) is 11.2 Å². The van der Waals surface area contributed by atoms with Gasteiger partial charge in [-0.1, -0.05) is 59.8 Å². The molecule has 5 heteroatoms. The third-order valence-electron chi connectivity index (χ3n) is 4.53. The third-order valence-corrected chi connectivity index (χ3v) is 4.53. The second kappa shape index (κ2) is 7.83. The third kappa shape index (κ3) is 3.78. The molecule has 0 fully saturated rings. The molecule has 4 aromatic rings. The quantitative estimate of drug-likeness (QED) is 0.350. The molecular weight excluding hydrogens is 364 g/mol. The SMILES string of the molecule is Cc1onc(-c2ccccc2)c1C(=O)Oc1ccc(-c2ccc(C#N)cc2)cc1. The molecule has 0 unspecified atom stereocenters. The van der Waals surface area contributed by atoms with Crippen molar-refractivity contribution >= 4 is 5.97 Å². The van der Waals surface area contributed by atoms with Gasteiger partial charge < -0.3 is 9.26 Å². The Morgan fingerprint density at radius 3 is 2.14 bits per heavy atom. The van der Waals surface area contributed by atoms with Crippen molar-refractivity contribution in [3.8, 4) is 34.2 Å². The lowest BCUT2D eigenvalue weighted by Crippen LogP contribution is -2.10. The van der Waals surface area contributed by atoms with Gasteiger partial charge in [0.2, 0.25) is 0 Å². The molecule has 1 heterocycles. The van der Waals surface area contributed by atoms with Crippen LogP contribution in [-0.4, -0.2) is 11.1 Å². The van der Waals surface area contributed by atoms with Gasteiger partial charge in [-0.05, 0) is 42.3 Å². The molecule has 0 saturated heterocycles. The fourth-order valence-corrected chi connectivity index (χ4v) is 3.02. The van der Waals surface area contributed by atoms with E-state index in [-0.39, 0.29) is 0 Å². The number of carbonyl (C=O) groups is 1. The summed E-state index contributed by atoms with van der Waals surface area (Å²) in [5, 5.41) is 12.9. The molecular formula is C24H16N2O3. The van der Waals surface area contributed by atoms with Gasteiger partial charge >= 0.3 is 5.97 Å². The van der Waals surface area contributed by atoms with Gasteiger partial charge in [0.15, 0.2) is 0 Å². The lowest BCUT2D eigenvalue weighted by atomic mass is 10.0. The van der Waals surface area contributed by atoms with Crippen molar-refractivity contribution in [2.24, 2.45) is 0 Å². The van der Waals surface area contributed by atoms with Crippen LogP contribution in [0, 0.1) is 18.3 Å². The Hall–Kier alpha value is -4.17. The van der Waals surface area contributed by atoms with E-state index in [1.165, 1.54) is 0 Å². The predicted octanol–water partition coefficient (Wildman–Crippen LogP) is 5.41. The summed E-state index contributed by atoms with van der Waals surface area (Å²) in [6.45, 7) is 1.68. The highest BCUT2D eigenvalue weighted by molar-refractivity contribution is 5.98. The molecule has 0 aliphatic carbocycles. The molecule has 0 bridgehead atoms. The smallest absolute Gasteiger partial charge is 0.349 e. The topological polar surface area (TPSA) is 76.1 Å². The molecule has 3 aromatic carbocycles. The van der Waals surface area contributed by atoms with E-state index < -0.39 is 5.97 Å². The van der Waals surface area contributed by atoms with E-state index >= 15 is 0 Å². The number of nitriles is 1. The van der Waals surface area contributed by atoms with Crippen molar-refractivity contribution in [1.29, 1.82) is 5.26 Å². The van der Waals surface area contributed by atoms with Crippen LogP contribution < -0.4 is 4.74 Å². The Balaban J connectivity index is 1.55. The maximum atomic E-state index is 12.8. The number of aryl methyl sites for hydroxylation is 1. The Morgan fingerprint density at radius 1 is 0.897 bits per heavy atom. The van der Waals surface area contributed by atoms with Crippen molar-refractivity contribution in [3.63, 3.8) is 0 Å². The minimum absolute atomic E-state index is 0.312. The first-order valence-electron chi connectivity index (χ1n) is 9.00. The summed E-state index contributed by atoms with van der Waals surface area (Å²) in [5.41, 5.74) is 4.10. The highest BCUT2D eigenvalue weighted by atomic mass is 16.5. The number of hydrogen-bond acceptors (Lipinski definition) is 5. The predicted molar refractivity (Wildman–Crippen MR) is 108 cm³/mol. The van der Waals surface area contributed by atoms with Crippen LogP contribution in [0.4, 0.5) is 0 Å². The number of aromatic nitrogens is 1. The van der Waals surface area contributed by atoms with Crippen molar-refractivity contribution < 1.29 is 14.1 Å². The van der Waals surface area contributed by atoms with E-state index in [9.17, 15) is 4.79 Å². The summed E-state index contributed by atoms with van der Waals surface area (Å²) in [5.74, 6) is 0.309. The van der Waals surface area contributed by atoms with Crippen molar-refractivity contribution in [3.05, 3.63) is 95.7 Å². The van der Waals surface area contributed by atoms with Crippen molar-refractivity contribution in [2.45, 2.75) is 6.92 Å². The monoisotopic (exact) mass is 380 g/mol. The molecule has 29 heavy (non-hydrogen) atoms. The molecule has 1 aromatic heterocycles. The molecule has 0 atom stereocenters. The summed E-state index contributed by atoms with van der Waals surface area (Å²) in [7, 11) is 0. The molecule has 0 radical (unpaired) electrons. The first-order valence-corrected chi connectivity index (χ1v) is 9.00. The first kappa shape index (κ1) is 18.2. The van der Waals surface area contributed by atoms with Gasteiger partial charge in [0.25, 0.3) is 0 Å². The summed E-state index contributed by atoms with van der Waals surface area (Å²) >= 11 is 0. The summed E-state index contributed by atoms with van der Waals surface area (Å²) in [6.07, 6.45) is 0. The average molecular weight is 380 g/mol. The second-order valence-electron chi connectivity index (χ2n) is 6.43. The molecule has 0 aliphatic heterocycles. The van der Waals surface area contributed by atoms with Gasteiger partial charge in [-0.2, -0.15) is 5.26 Å². The number of rotatable bonds is 4. The van der Waals surface area contributed by atoms with Gasteiger partial charge in [0.05, 0.1) is 11.6 Å². The summed E-state index contributed by atoms with van der Waals surface area (Å²) in [6, 6.07) is 25.9. The van der Waals surface area contributed by atoms with E-state index in [0.717, 1.165) is 16.7 Å². The normalized spacial score (nSPS) is 10.3. The zero-order valence-corrected chi connectivity index (χ0v) is 15.6. The molecule has 5 nitrogen and oxygen atoms in total. The lowest BCUT2D eigenvalue weighted by Gasteiger charge is -2.07. The minimum atomic E-state index is -0.520. The van der Waals surface area contributed by atoms with Gasteiger partial charge in [-0.3, -0.25) is 0 Å². The Morgan fingerprint density at radius 2 is 1.52 bits per heavy atom. The van der Waals surface area contributed by atoms with Crippen LogP contribution in [0.5, 0.6) is 5.75 Å². The number of benzene rings is 3. The highest BCUT2D eigenvalue weighted by Crippen LogP contribution is 2.27. The second-order valence-corrected chi connectivity index (χ2v) is 6.43. The molecule has 140 valence electrons.